The lowest BCUT2D eigenvalue weighted by Crippen LogP contribution is -2.27. The first kappa shape index (κ1) is 19.2. The molecule has 1 saturated heterocycles. The lowest BCUT2D eigenvalue weighted by atomic mass is 10.0. The van der Waals surface area contributed by atoms with Crippen LogP contribution in [0.5, 0.6) is 0 Å². The molecule has 1 aliphatic rings. The first-order chi connectivity index (χ1) is 12.8. The fraction of sp³-hybridized carbons (Fsp3) is 0.455. The molecule has 2 N–H and O–H groups in total. The van der Waals surface area contributed by atoms with Crippen LogP contribution in [0.15, 0.2) is 18.2 Å². The molecule has 0 aliphatic carbocycles. The van der Waals surface area contributed by atoms with Crippen LogP contribution in [0, 0.1) is 20.8 Å². The molecule has 5 heteroatoms. The number of aromatic nitrogens is 1. The number of nitrogens with zero attached hydrogens (tertiary/aromatic N) is 1. The molecular weight excluding hydrogens is 338 g/mol. The second-order valence-corrected chi connectivity index (χ2v) is 7.61. The number of benzene rings is 1. The molecule has 3 rings (SSSR count). The summed E-state index contributed by atoms with van der Waals surface area (Å²) in [6, 6.07) is 5.89. The number of aryl methyl sites for hydroxylation is 2. The number of hydrogen-bond acceptors (Lipinski definition) is 4. The molecule has 2 aromatic rings. The standard InChI is InChI=1S/C22H29N3O2/c1-13-12-18(8-9-19(13)25-10-6-7-11-25)23-16(4)22(27)21-14(2)20(17(5)26)15(3)24-21/h8-9,12,16,23-24H,6-7,10-11H2,1-5H3. The zero-order valence-electron chi connectivity index (χ0n) is 16.9. The Morgan fingerprint density at radius 3 is 2.37 bits per heavy atom. The van der Waals surface area contributed by atoms with Crippen molar-refractivity contribution in [3.8, 4) is 0 Å². The van der Waals surface area contributed by atoms with E-state index in [1.54, 1.807) is 0 Å². The van der Waals surface area contributed by atoms with Crippen LogP contribution < -0.4 is 10.2 Å². The second kappa shape index (κ2) is 7.59. The van der Waals surface area contributed by atoms with E-state index in [9.17, 15) is 9.59 Å². The summed E-state index contributed by atoms with van der Waals surface area (Å²) >= 11 is 0. The summed E-state index contributed by atoms with van der Waals surface area (Å²) in [4.78, 5) is 30.2. The monoisotopic (exact) mass is 367 g/mol. The topological polar surface area (TPSA) is 65.2 Å². The van der Waals surface area contributed by atoms with Crippen molar-refractivity contribution in [2.75, 3.05) is 23.3 Å². The Morgan fingerprint density at radius 1 is 1.15 bits per heavy atom. The summed E-state index contributed by atoms with van der Waals surface area (Å²) < 4.78 is 0. The first-order valence-corrected chi connectivity index (χ1v) is 9.66. The van der Waals surface area contributed by atoms with Gasteiger partial charge in [0.05, 0.1) is 11.7 Å². The number of Topliss-reactive ketones (excluding diaryl/α,β-unsaturated/α-hetero) is 2. The van der Waals surface area contributed by atoms with Crippen molar-refractivity contribution in [3.05, 3.63) is 46.3 Å². The molecule has 1 unspecified atom stereocenters. The maximum absolute atomic E-state index is 12.9. The average molecular weight is 367 g/mol. The van der Waals surface area contributed by atoms with Gasteiger partial charge in [-0.3, -0.25) is 9.59 Å². The summed E-state index contributed by atoms with van der Waals surface area (Å²) in [6.07, 6.45) is 2.50. The number of hydrogen-bond donors (Lipinski definition) is 2. The molecule has 0 amide bonds. The number of nitrogens with one attached hydrogen (secondary N) is 2. The van der Waals surface area contributed by atoms with Crippen molar-refractivity contribution in [1.29, 1.82) is 0 Å². The molecule has 0 radical (unpaired) electrons. The molecule has 1 fully saturated rings. The Bertz CT molecular complexity index is 876. The largest absolute Gasteiger partial charge is 0.375 e. The zero-order chi connectivity index (χ0) is 19.7. The summed E-state index contributed by atoms with van der Waals surface area (Å²) in [5.41, 5.74) is 6.05. The predicted molar refractivity (Wildman–Crippen MR) is 110 cm³/mol. The number of carbonyl (C=O) groups excluding carboxylic acids is 2. The highest BCUT2D eigenvalue weighted by atomic mass is 16.1. The molecule has 27 heavy (non-hydrogen) atoms. The minimum Gasteiger partial charge on any atom is -0.375 e. The lowest BCUT2D eigenvalue weighted by Gasteiger charge is -2.22. The Labute approximate surface area is 161 Å². The molecule has 1 aromatic heterocycles. The minimum absolute atomic E-state index is 0.0194. The number of H-pyrrole nitrogens is 1. The number of ketones is 2. The highest BCUT2D eigenvalue weighted by Gasteiger charge is 2.24. The van der Waals surface area contributed by atoms with Crippen molar-refractivity contribution in [2.45, 2.75) is 53.5 Å². The Hall–Kier alpha value is -2.56. The van der Waals surface area contributed by atoms with Crippen molar-refractivity contribution in [3.63, 3.8) is 0 Å². The van der Waals surface area contributed by atoms with E-state index in [2.05, 4.69) is 34.3 Å². The third-order valence-electron chi connectivity index (χ3n) is 5.46. The Kier molecular flexibility index (Phi) is 5.40. The van der Waals surface area contributed by atoms with E-state index in [1.807, 2.05) is 26.8 Å². The molecular formula is C22H29N3O2. The van der Waals surface area contributed by atoms with Gasteiger partial charge >= 0.3 is 0 Å². The van der Waals surface area contributed by atoms with E-state index in [0.717, 1.165) is 30.0 Å². The first-order valence-electron chi connectivity index (χ1n) is 9.66. The van der Waals surface area contributed by atoms with Crippen LogP contribution in [0.3, 0.4) is 0 Å². The zero-order valence-corrected chi connectivity index (χ0v) is 16.9. The van der Waals surface area contributed by atoms with Crippen LogP contribution in [0.2, 0.25) is 0 Å². The maximum Gasteiger partial charge on any atom is 0.201 e. The van der Waals surface area contributed by atoms with Gasteiger partial charge in [-0.15, -0.1) is 0 Å². The smallest absolute Gasteiger partial charge is 0.201 e. The number of rotatable bonds is 6. The van der Waals surface area contributed by atoms with Crippen LogP contribution in [-0.4, -0.2) is 35.7 Å². The van der Waals surface area contributed by atoms with E-state index in [1.165, 1.54) is 31.0 Å². The van der Waals surface area contributed by atoms with Crippen LogP contribution in [-0.2, 0) is 0 Å². The van der Waals surface area contributed by atoms with E-state index < -0.39 is 6.04 Å². The number of carbonyl (C=O) groups is 2. The highest BCUT2D eigenvalue weighted by molar-refractivity contribution is 6.05. The van der Waals surface area contributed by atoms with E-state index in [0.29, 0.717) is 11.3 Å². The quantitative estimate of drug-likeness (QED) is 0.742. The molecule has 5 nitrogen and oxygen atoms in total. The fourth-order valence-corrected chi connectivity index (χ4v) is 4.11. The SMILES string of the molecule is CC(=O)c1c(C)[nH]c(C(=O)C(C)Nc2ccc(N3CCCC3)c(C)c2)c1C. The fourth-order valence-electron chi connectivity index (χ4n) is 4.11. The van der Waals surface area contributed by atoms with E-state index in [-0.39, 0.29) is 11.6 Å². The van der Waals surface area contributed by atoms with Gasteiger partial charge in [0.15, 0.2) is 5.78 Å². The van der Waals surface area contributed by atoms with Gasteiger partial charge in [-0.25, -0.2) is 0 Å². The van der Waals surface area contributed by atoms with Crippen molar-refractivity contribution in [2.24, 2.45) is 0 Å². The maximum atomic E-state index is 12.9. The van der Waals surface area contributed by atoms with Crippen molar-refractivity contribution >= 4 is 22.9 Å². The molecule has 0 spiro atoms. The number of anilines is 2. The molecule has 2 heterocycles. The van der Waals surface area contributed by atoms with Crippen molar-refractivity contribution < 1.29 is 9.59 Å². The number of aromatic amines is 1. The van der Waals surface area contributed by atoms with Crippen molar-refractivity contribution in [1.82, 2.24) is 4.98 Å². The van der Waals surface area contributed by atoms with Gasteiger partial charge in [0.2, 0.25) is 5.78 Å². The van der Waals surface area contributed by atoms with Gasteiger partial charge in [-0.1, -0.05) is 0 Å². The van der Waals surface area contributed by atoms with Crippen LogP contribution >= 0.6 is 0 Å². The molecule has 0 bridgehead atoms. The predicted octanol–water partition coefficient (Wildman–Crippen LogP) is 4.43. The van der Waals surface area contributed by atoms with Gasteiger partial charge in [-0.05, 0) is 76.8 Å². The van der Waals surface area contributed by atoms with Gasteiger partial charge < -0.3 is 15.2 Å². The average Bonchev–Trinajstić information content (AvgIpc) is 3.22. The summed E-state index contributed by atoms with van der Waals surface area (Å²) in [6.45, 7) is 11.4. The normalized spacial score (nSPS) is 15.1. The summed E-state index contributed by atoms with van der Waals surface area (Å²) in [7, 11) is 0. The molecule has 0 saturated carbocycles. The second-order valence-electron chi connectivity index (χ2n) is 7.61. The van der Waals surface area contributed by atoms with Gasteiger partial charge in [0.1, 0.15) is 0 Å². The lowest BCUT2D eigenvalue weighted by molar-refractivity contribution is 0.0970. The third kappa shape index (κ3) is 3.77. The van der Waals surface area contributed by atoms with Gasteiger partial charge in [-0.2, -0.15) is 0 Å². The van der Waals surface area contributed by atoms with Gasteiger partial charge in [0.25, 0.3) is 0 Å². The van der Waals surface area contributed by atoms with Crippen LogP contribution in [0.1, 0.15) is 64.4 Å². The van der Waals surface area contributed by atoms with Crippen LogP contribution in [0.4, 0.5) is 11.4 Å². The molecule has 1 atom stereocenters. The summed E-state index contributed by atoms with van der Waals surface area (Å²) in [5, 5.41) is 3.31. The molecule has 1 aromatic carbocycles. The van der Waals surface area contributed by atoms with E-state index >= 15 is 0 Å². The Morgan fingerprint density at radius 2 is 1.81 bits per heavy atom. The minimum atomic E-state index is -0.390. The molecule has 1 aliphatic heterocycles. The van der Waals surface area contributed by atoms with Gasteiger partial charge in [0, 0.05) is 35.7 Å². The van der Waals surface area contributed by atoms with Crippen LogP contribution in [0.25, 0.3) is 0 Å². The molecule has 144 valence electrons. The Balaban J connectivity index is 1.76. The van der Waals surface area contributed by atoms with E-state index in [4.69, 9.17) is 0 Å². The summed E-state index contributed by atoms with van der Waals surface area (Å²) in [5.74, 6) is -0.0570. The highest BCUT2D eigenvalue weighted by Crippen LogP contribution is 2.27. The third-order valence-corrected chi connectivity index (χ3v) is 5.46.